The molecule has 0 bridgehead atoms. The molecule has 2 N–H and O–H groups in total. The largest absolute Gasteiger partial charge is 0.340 e. The van der Waals surface area contributed by atoms with Crippen LogP contribution in [-0.2, 0) is 4.79 Å². The summed E-state index contributed by atoms with van der Waals surface area (Å²) in [6, 6.07) is 10.7. The minimum Gasteiger partial charge on any atom is -0.340 e. The lowest BCUT2D eigenvalue weighted by Crippen LogP contribution is -2.44. The van der Waals surface area contributed by atoms with Crippen LogP contribution in [0.25, 0.3) is 0 Å². The number of amides is 2. The standard InChI is InChI=1S/C18H17Cl3N2O2S/c1-26-8-7-16(18(25)22-13-4-2-3-11(19)9-13)23-17(24)14-6-5-12(20)10-15(14)21/h2-6,9-10,16H,7-8H2,1H3,(H,22,25)(H,23,24). The van der Waals surface area contributed by atoms with Crippen molar-refractivity contribution in [2.75, 3.05) is 17.3 Å². The Bertz CT molecular complexity index is 802. The van der Waals surface area contributed by atoms with Crippen molar-refractivity contribution in [1.82, 2.24) is 5.32 Å². The quantitative estimate of drug-likeness (QED) is 0.638. The zero-order valence-corrected chi connectivity index (χ0v) is 17.0. The number of carbonyl (C=O) groups is 2. The number of thioether (sulfide) groups is 1. The average Bonchev–Trinajstić information content (AvgIpc) is 2.58. The van der Waals surface area contributed by atoms with Crippen LogP contribution in [0.2, 0.25) is 15.1 Å². The van der Waals surface area contributed by atoms with Crippen LogP contribution < -0.4 is 10.6 Å². The average molecular weight is 432 g/mol. The Balaban J connectivity index is 2.12. The third kappa shape index (κ3) is 6.09. The summed E-state index contributed by atoms with van der Waals surface area (Å²) in [7, 11) is 0. The highest BCUT2D eigenvalue weighted by molar-refractivity contribution is 7.98. The minimum absolute atomic E-state index is 0.230. The molecule has 0 saturated heterocycles. The van der Waals surface area contributed by atoms with Gasteiger partial charge in [-0.05, 0) is 54.8 Å². The number of hydrogen-bond donors (Lipinski definition) is 2. The third-order valence-electron chi connectivity index (χ3n) is 3.50. The van der Waals surface area contributed by atoms with E-state index in [1.54, 1.807) is 42.1 Å². The predicted octanol–water partition coefficient (Wildman–Crippen LogP) is 5.14. The van der Waals surface area contributed by atoms with Crippen LogP contribution >= 0.6 is 46.6 Å². The lowest BCUT2D eigenvalue weighted by molar-refractivity contribution is -0.118. The first kappa shape index (κ1) is 20.9. The molecule has 0 heterocycles. The van der Waals surface area contributed by atoms with E-state index >= 15 is 0 Å². The Morgan fingerprint density at radius 3 is 2.46 bits per heavy atom. The second-order valence-corrected chi connectivity index (χ2v) is 7.70. The molecule has 0 aromatic heterocycles. The summed E-state index contributed by atoms with van der Waals surface area (Å²) in [6.07, 6.45) is 2.41. The topological polar surface area (TPSA) is 58.2 Å². The molecule has 1 atom stereocenters. The fraction of sp³-hybridized carbons (Fsp3) is 0.222. The highest BCUT2D eigenvalue weighted by Crippen LogP contribution is 2.21. The summed E-state index contributed by atoms with van der Waals surface area (Å²) in [4.78, 5) is 25.1. The SMILES string of the molecule is CSCCC(NC(=O)c1ccc(Cl)cc1Cl)C(=O)Nc1cccc(Cl)c1. The smallest absolute Gasteiger partial charge is 0.253 e. The molecule has 26 heavy (non-hydrogen) atoms. The van der Waals surface area contributed by atoms with Gasteiger partial charge in [0.2, 0.25) is 5.91 Å². The molecule has 0 saturated carbocycles. The Hall–Kier alpha value is -1.40. The van der Waals surface area contributed by atoms with Crippen molar-refractivity contribution in [3.63, 3.8) is 0 Å². The zero-order chi connectivity index (χ0) is 19.1. The van der Waals surface area contributed by atoms with Crippen molar-refractivity contribution in [3.8, 4) is 0 Å². The molecule has 8 heteroatoms. The molecule has 2 aromatic rings. The summed E-state index contributed by atoms with van der Waals surface area (Å²) < 4.78 is 0. The van der Waals surface area contributed by atoms with Crippen LogP contribution in [0.15, 0.2) is 42.5 Å². The number of benzene rings is 2. The first-order chi connectivity index (χ1) is 12.4. The molecule has 0 fully saturated rings. The Morgan fingerprint density at radius 1 is 1.08 bits per heavy atom. The van der Waals surface area contributed by atoms with Crippen molar-refractivity contribution in [3.05, 3.63) is 63.1 Å². The van der Waals surface area contributed by atoms with Crippen molar-refractivity contribution < 1.29 is 9.59 Å². The second kappa shape index (κ2) is 10.1. The predicted molar refractivity (Wildman–Crippen MR) is 111 cm³/mol. The van der Waals surface area contributed by atoms with E-state index in [4.69, 9.17) is 34.8 Å². The Kier molecular flexibility index (Phi) is 8.10. The molecular weight excluding hydrogens is 415 g/mol. The van der Waals surface area contributed by atoms with Crippen molar-refractivity contribution in [2.24, 2.45) is 0 Å². The van der Waals surface area contributed by atoms with Gasteiger partial charge in [0.25, 0.3) is 5.91 Å². The molecule has 2 aromatic carbocycles. The first-order valence-electron chi connectivity index (χ1n) is 7.72. The van der Waals surface area contributed by atoms with Crippen LogP contribution in [0.5, 0.6) is 0 Å². The van der Waals surface area contributed by atoms with Crippen LogP contribution in [0.1, 0.15) is 16.8 Å². The molecule has 0 aliphatic carbocycles. The highest BCUT2D eigenvalue weighted by Gasteiger charge is 2.22. The molecule has 2 rings (SSSR count). The van der Waals surface area contributed by atoms with E-state index in [1.807, 2.05) is 6.26 Å². The molecule has 2 amide bonds. The van der Waals surface area contributed by atoms with Crippen LogP contribution in [-0.4, -0.2) is 29.9 Å². The molecule has 0 radical (unpaired) electrons. The fourth-order valence-electron chi connectivity index (χ4n) is 2.21. The monoisotopic (exact) mass is 430 g/mol. The summed E-state index contributed by atoms with van der Waals surface area (Å²) in [6.45, 7) is 0. The molecule has 1 unspecified atom stereocenters. The number of halogens is 3. The van der Waals surface area contributed by atoms with Crippen LogP contribution in [0, 0.1) is 0 Å². The summed E-state index contributed by atoms with van der Waals surface area (Å²) >= 11 is 19.5. The molecule has 0 aliphatic heterocycles. The Labute approximate surface area is 171 Å². The maximum absolute atomic E-state index is 12.6. The Morgan fingerprint density at radius 2 is 1.81 bits per heavy atom. The number of anilines is 1. The number of carbonyl (C=O) groups excluding carboxylic acids is 2. The van der Waals surface area contributed by atoms with Gasteiger partial charge in [-0.1, -0.05) is 40.9 Å². The normalized spacial score (nSPS) is 11.7. The minimum atomic E-state index is -0.708. The number of rotatable bonds is 7. The summed E-state index contributed by atoms with van der Waals surface area (Å²) in [5, 5.41) is 6.69. The van der Waals surface area contributed by atoms with Crippen LogP contribution in [0.3, 0.4) is 0 Å². The van der Waals surface area contributed by atoms with E-state index in [2.05, 4.69) is 10.6 Å². The van der Waals surface area contributed by atoms with Gasteiger partial charge < -0.3 is 10.6 Å². The molecule has 0 spiro atoms. The lowest BCUT2D eigenvalue weighted by Gasteiger charge is -2.19. The summed E-state index contributed by atoms with van der Waals surface area (Å²) in [5.41, 5.74) is 0.830. The van der Waals surface area contributed by atoms with E-state index in [9.17, 15) is 9.59 Å². The maximum atomic E-state index is 12.6. The number of nitrogens with one attached hydrogen (secondary N) is 2. The summed E-state index contributed by atoms with van der Waals surface area (Å²) in [5.74, 6) is -0.0406. The maximum Gasteiger partial charge on any atom is 0.253 e. The van der Waals surface area contributed by atoms with E-state index in [0.717, 1.165) is 0 Å². The first-order valence-corrected chi connectivity index (χ1v) is 10.2. The van der Waals surface area contributed by atoms with Crippen molar-refractivity contribution in [2.45, 2.75) is 12.5 Å². The van der Waals surface area contributed by atoms with Crippen molar-refractivity contribution in [1.29, 1.82) is 0 Å². The lowest BCUT2D eigenvalue weighted by atomic mass is 10.1. The van der Waals surface area contributed by atoms with Gasteiger partial charge in [0.15, 0.2) is 0 Å². The zero-order valence-electron chi connectivity index (χ0n) is 13.9. The van der Waals surface area contributed by atoms with Gasteiger partial charge in [-0.3, -0.25) is 9.59 Å². The van der Waals surface area contributed by atoms with E-state index < -0.39 is 11.9 Å². The van der Waals surface area contributed by atoms with Gasteiger partial charge in [-0.25, -0.2) is 0 Å². The fourth-order valence-corrected chi connectivity index (χ4v) is 3.37. The van der Waals surface area contributed by atoms with Crippen molar-refractivity contribution >= 4 is 64.1 Å². The highest BCUT2D eigenvalue weighted by atomic mass is 35.5. The van der Waals surface area contributed by atoms with Gasteiger partial charge >= 0.3 is 0 Å². The van der Waals surface area contributed by atoms with Gasteiger partial charge in [0.1, 0.15) is 6.04 Å². The number of hydrogen-bond acceptors (Lipinski definition) is 3. The second-order valence-electron chi connectivity index (χ2n) is 5.43. The molecular formula is C18H17Cl3N2O2S. The van der Waals surface area contributed by atoms with Gasteiger partial charge in [0.05, 0.1) is 10.6 Å². The van der Waals surface area contributed by atoms with E-state index in [-0.39, 0.29) is 16.5 Å². The van der Waals surface area contributed by atoms with Gasteiger partial charge in [-0.2, -0.15) is 11.8 Å². The van der Waals surface area contributed by atoms with Gasteiger partial charge in [0, 0.05) is 15.7 Å². The molecule has 138 valence electrons. The van der Waals surface area contributed by atoms with Gasteiger partial charge in [-0.15, -0.1) is 0 Å². The van der Waals surface area contributed by atoms with E-state index in [0.29, 0.717) is 27.9 Å². The van der Waals surface area contributed by atoms with Crippen LogP contribution in [0.4, 0.5) is 5.69 Å². The molecule has 4 nitrogen and oxygen atoms in total. The third-order valence-corrected chi connectivity index (χ3v) is 4.93. The molecule has 0 aliphatic rings. The van der Waals surface area contributed by atoms with E-state index in [1.165, 1.54) is 12.1 Å².